The SMILES string of the molecule is Cc1sc2ccccc2c1CCNC(=O)CN(C)C=O. The Bertz CT molecular complexity index is 621. The summed E-state index contributed by atoms with van der Waals surface area (Å²) in [6.07, 6.45) is 1.46. The number of benzene rings is 1. The van der Waals surface area contributed by atoms with E-state index in [1.165, 1.54) is 25.4 Å². The number of amides is 2. The minimum Gasteiger partial charge on any atom is -0.354 e. The van der Waals surface area contributed by atoms with Gasteiger partial charge in [0.2, 0.25) is 12.3 Å². The summed E-state index contributed by atoms with van der Waals surface area (Å²) in [5, 5.41) is 4.12. The fraction of sp³-hybridized carbons (Fsp3) is 0.333. The lowest BCUT2D eigenvalue weighted by Gasteiger charge is -2.10. The van der Waals surface area contributed by atoms with E-state index in [2.05, 4.69) is 24.4 Å². The van der Waals surface area contributed by atoms with E-state index in [9.17, 15) is 9.59 Å². The van der Waals surface area contributed by atoms with Gasteiger partial charge in [-0.3, -0.25) is 9.59 Å². The van der Waals surface area contributed by atoms with Crippen LogP contribution in [0, 0.1) is 6.92 Å². The summed E-state index contributed by atoms with van der Waals surface area (Å²) in [4.78, 5) is 24.6. The van der Waals surface area contributed by atoms with E-state index in [4.69, 9.17) is 0 Å². The van der Waals surface area contributed by atoms with Gasteiger partial charge < -0.3 is 10.2 Å². The summed E-state index contributed by atoms with van der Waals surface area (Å²) in [6, 6.07) is 8.32. The van der Waals surface area contributed by atoms with Crippen LogP contribution in [0.1, 0.15) is 10.4 Å². The average molecular weight is 290 g/mol. The molecule has 1 aromatic carbocycles. The van der Waals surface area contributed by atoms with Gasteiger partial charge in [0.15, 0.2) is 0 Å². The Balaban J connectivity index is 1.95. The maximum atomic E-state index is 11.6. The van der Waals surface area contributed by atoms with Crippen molar-refractivity contribution in [3.63, 3.8) is 0 Å². The highest BCUT2D eigenvalue weighted by Crippen LogP contribution is 2.30. The van der Waals surface area contributed by atoms with Crippen molar-refractivity contribution >= 4 is 33.7 Å². The summed E-state index contributed by atoms with van der Waals surface area (Å²) < 4.78 is 1.28. The summed E-state index contributed by atoms with van der Waals surface area (Å²) in [7, 11) is 1.59. The van der Waals surface area contributed by atoms with Crippen molar-refractivity contribution in [2.24, 2.45) is 0 Å². The Morgan fingerprint density at radius 3 is 2.90 bits per heavy atom. The number of nitrogens with one attached hydrogen (secondary N) is 1. The number of aryl methyl sites for hydroxylation is 1. The quantitative estimate of drug-likeness (QED) is 0.827. The Morgan fingerprint density at radius 2 is 2.15 bits per heavy atom. The molecule has 1 N–H and O–H groups in total. The fourth-order valence-corrected chi connectivity index (χ4v) is 3.29. The standard InChI is InChI=1S/C15H18N2O2S/c1-11-12(13-5-3-4-6-14(13)20-11)7-8-16-15(19)9-17(2)10-18/h3-6,10H,7-9H2,1-2H3,(H,16,19). The van der Waals surface area contributed by atoms with Gasteiger partial charge in [-0.1, -0.05) is 18.2 Å². The number of carbonyl (C=O) groups is 2. The summed E-state index contributed by atoms with van der Waals surface area (Å²) in [5.41, 5.74) is 1.30. The Hall–Kier alpha value is -1.88. The van der Waals surface area contributed by atoms with Crippen LogP contribution in [0.3, 0.4) is 0 Å². The first-order valence-corrected chi connectivity index (χ1v) is 7.32. The molecule has 0 aliphatic rings. The highest BCUT2D eigenvalue weighted by Gasteiger charge is 2.09. The van der Waals surface area contributed by atoms with Crippen LogP contribution in [0.15, 0.2) is 24.3 Å². The third kappa shape index (κ3) is 3.36. The molecule has 2 rings (SSSR count). The fourth-order valence-electron chi connectivity index (χ4n) is 2.18. The minimum atomic E-state index is -0.128. The Labute approximate surface area is 122 Å². The molecule has 0 spiro atoms. The lowest BCUT2D eigenvalue weighted by molar-refractivity contribution is -0.127. The van der Waals surface area contributed by atoms with Gasteiger partial charge in [0.1, 0.15) is 0 Å². The van der Waals surface area contributed by atoms with Gasteiger partial charge in [0.05, 0.1) is 6.54 Å². The van der Waals surface area contributed by atoms with Crippen LogP contribution in [0.4, 0.5) is 0 Å². The molecule has 1 heterocycles. The van der Waals surface area contributed by atoms with Crippen LogP contribution in [-0.4, -0.2) is 37.4 Å². The molecule has 0 aliphatic heterocycles. The molecule has 0 saturated carbocycles. The minimum absolute atomic E-state index is 0.104. The van der Waals surface area contributed by atoms with Crippen LogP contribution in [-0.2, 0) is 16.0 Å². The van der Waals surface area contributed by atoms with Crippen molar-refractivity contribution in [1.82, 2.24) is 10.2 Å². The van der Waals surface area contributed by atoms with Crippen molar-refractivity contribution in [2.45, 2.75) is 13.3 Å². The van der Waals surface area contributed by atoms with E-state index in [-0.39, 0.29) is 12.5 Å². The van der Waals surface area contributed by atoms with E-state index in [1.807, 2.05) is 12.1 Å². The molecule has 106 valence electrons. The Morgan fingerprint density at radius 1 is 1.40 bits per heavy atom. The molecule has 0 unspecified atom stereocenters. The van der Waals surface area contributed by atoms with E-state index < -0.39 is 0 Å². The molecule has 0 bridgehead atoms. The van der Waals surface area contributed by atoms with Crippen molar-refractivity contribution in [3.8, 4) is 0 Å². The predicted octanol–water partition coefficient (Wildman–Crippen LogP) is 1.96. The van der Waals surface area contributed by atoms with Crippen LogP contribution < -0.4 is 5.32 Å². The molecule has 4 nitrogen and oxygen atoms in total. The van der Waals surface area contributed by atoms with Crippen molar-refractivity contribution in [2.75, 3.05) is 20.1 Å². The highest BCUT2D eigenvalue weighted by atomic mass is 32.1. The average Bonchev–Trinajstić information content (AvgIpc) is 2.75. The molecular formula is C15H18N2O2S. The number of likely N-dealkylation sites (N-methyl/N-ethyl adjacent to an activating group) is 1. The molecule has 5 heteroatoms. The van der Waals surface area contributed by atoms with E-state index >= 15 is 0 Å². The second-order valence-electron chi connectivity index (χ2n) is 4.75. The van der Waals surface area contributed by atoms with Gasteiger partial charge >= 0.3 is 0 Å². The molecule has 2 amide bonds. The van der Waals surface area contributed by atoms with Gasteiger partial charge in [0, 0.05) is 23.2 Å². The maximum absolute atomic E-state index is 11.6. The number of nitrogens with zero attached hydrogens (tertiary/aromatic N) is 1. The molecule has 2 aromatic rings. The molecule has 0 fully saturated rings. The molecule has 0 radical (unpaired) electrons. The lowest BCUT2D eigenvalue weighted by Crippen LogP contribution is -2.35. The molecule has 1 aromatic heterocycles. The van der Waals surface area contributed by atoms with Crippen molar-refractivity contribution in [1.29, 1.82) is 0 Å². The van der Waals surface area contributed by atoms with Gasteiger partial charge in [0.25, 0.3) is 0 Å². The van der Waals surface area contributed by atoms with E-state index in [0.29, 0.717) is 13.0 Å². The second-order valence-corrected chi connectivity index (χ2v) is 6.01. The highest BCUT2D eigenvalue weighted by molar-refractivity contribution is 7.19. The first-order valence-electron chi connectivity index (χ1n) is 6.51. The first kappa shape index (κ1) is 14.5. The molecule has 0 atom stereocenters. The number of hydrogen-bond donors (Lipinski definition) is 1. The number of carbonyl (C=O) groups excluding carboxylic acids is 2. The predicted molar refractivity (Wildman–Crippen MR) is 82.0 cm³/mol. The van der Waals surface area contributed by atoms with Crippen LogP contribution in [0.5, 0.6) is 0 Å². The largest absolute Gasteiger partial charge is 0.354 e. The monoisotopic (exact) mass is 290 g/mol. The number of rotatable bonds is 6. The van der Waals surface area contributed by atoms with Crippen LogP contribution >= 0.6 is 11.3 Å². The molecule has 20 heavy (non-hydrogen) atoms. The van der Waals surface area contributed by atoms with Crippen LogP contribution in [0.2, 0.25) is 0 Å². The smallest absolute Gasteiger partial charge is 0.239 e. The topological polar surface area (TPSA) is 49.4 Å². The molecule has 0 saturated heterocycles. The maximum Gasteiger partial charge on any atom is 0.239 e. The summed E-state index contributed by atoms with van der Waals surface area (Å²) in [5.74, 6) is -0.128. The van der Waals surface area contributed by atoms with Gasteiger partial charge in [-0.15, -0.1) is 11.3 Å². The first-order chi connectivity index (χ1) is 9.61. The van der Waals surface area contributed by atoms with Gasteiger partial charge in [-0.25, -0.2) is 0 Å². The molecular weight excluding hydrogens is 272 g/mol. The summed E-state index contributed by atoms with van der Waals surface area (Å²) >= 11 is 1.78. The van der Waals surface area contributed by atoms with Crippen LogP contribution in [0.25, 0.3) is 10.1 Å². The number of hydrogen-bond acceptors (Lipinski definition) is 3. The Kier molecular flexibility index (Phi) is 4.74. The van der Waals surface area contributed by atoms with E-state index in [0.717, 1.165) is 6.42 Å². The number of fused-ring (bicyclic) bond motifs is 1. The van der Waals surface area contributed by atoms with Gasteiger partial charge in [-0.05, 0) is 30.4 Å². The zero-order valence-electron chi connectivity index (χ0n) is 11.7. The zero-order chi connectivity index (χ0) is 14.5. The van der Waals surface area contributed by atoms with E-state index in [1.54, 1.807) is 18.4 Å². The second kappa shape index (κ2) is 6.52. The lowest BCUT2D eigenvalue weighted by atomic mass is 10.1. The third-order valence-electron chi connectivity index (χ3n) is 3.17. The summed E-state index contributed by atoms with van der Waals surface area (Å²) in [6.45, 7) is 2.81. The van der Waals surface area contributed by atoms with Crippen molar-refractivity contribution < 1.29 is 9.59 Å². The zero-order valence-corrected chi connectivity index (χ0v) is 12.5. The van der Waals surface area contributed by atoms with Gasteiger partial charge in [-0.2, -0.15) is 0 Å². The van der Waals surface area contributed by atoms with Crippen molar-refractivity contribution in [3.05, 3.63) is 34.7 Å². The number of thiophene rings is 1. The molecule has 0 aliphatic carbocycles. The normalized spacial score (nSPS) is 10.5. The third-order valence-corrected chi connectivity index (χ3v) is 4.30.